The predicted molar refractivity (Wildman–Crippen MR) is 175 cm³/mol. The molecule has 0 aliphatic heterocycles. The van der Waals surface area contributed by atoms with Crippen LogP contribution >= 0.6 is 0 Å². The van der Waals surface area contributed by atoms with Crippen LogP contribution in [-0.4, -0.2) is 30.1 Å². The van der Waals surface area contributed by atoms with E-state index in [1.807, 2.05) is 142 Å². The lowest BCUT2D eigenvalue weighted by Crippen LogP contribution is -1.79. The van der Waals surface area contributed by atoms with Crippen LogP contribution in [0, 0.1) is 0 Å². The van der Waals surface area contributed by atoms with Gasteiger partial charge in [-0.3, -0.25) is 19.9 Å². The molecule has 40 heavy (non-hydrogen) atoms. The van der Waals surface area contributed by atoms with Gasteiger partial charge in [-0.05, 0) is 42.5 Å². The predicted octanol–water partition coefficient (Wildman–Crippen LogP) is 10.0. The molecule has 0 N–H and O–H groups in total. The zero-order valence-corrected chi connectivity index (χ0v) is 26.1. The normalized spacial score (nSPS) is 8.25. The highest BCUT2D eigenvalue weighted by Crippen LogP contribution is 2.07. The van der Waals surface area contributed by atoms with Crippen LogP contribution in [0.2, 0.25) is 0 Å². The number of fused-ring (bicyclic) bond motifs is 3. The van der Waals surface area contributed by atoms with Crippen molar-refractivity contribution in [3.05, 3.63) is 110 Å². The molecule has 0 aliphatic carbocycles. The van der Waals surface area contributed by atoms with E-state index in [0.29, 0.717) is 0 Å². The second-order valence-electron chi connectivity index (χ2n) is 6.23. The smallest absolute Gasteiger partial charge is 0.0929 e. The average molecular weight is 541 g/mol. The van der Waals surface area contributed by atoms with Crippen LogP contribution in [0.5, 0.6) is 0 Å². The fourth-order valence-electron chi connectivity index (χ4n) is 2.76. The molecule has 5 heterocycles. The van der Waals surface area contributed by atoms with Gasteiger partial charge >= 0.3 is 0 Å². The van der Waals surface area contributed by atoms with Gasteiger partial charge in [-0.25, -0.2) is 0 Å². The Morgan fingerprint density at radius 2 is 0.875 bits per heavy atom. The highest BCUT2D eigenvalue weighted by molar-refractivity contribution is 5.78. The summed E-state index contributed by atoms with van der Waals surface area (Å²) in [6, 6.07) is 21.5. The number of benzene rings is 1. The van der Waals surface area contributed by atoms with E-state index in [9.17, 15) is 0 Å². The maximum Gasteiger partial charge on any atom is 0.0929 e. The van der Waals surface area contributed by atoms with E-state index >= 15 is 0 Å². The van der Waals surface area contributed by atoms with Gasteiger partial charge in [0.15, 0.2) is 0 Å². The van der Waals surface area contributed by atoms with E-state index < -0.39 is 0 Å². The monoisotopic (exact) mass is 540 g/mol. The third-order valence-corrected chi connectivity index (χ3v) is 4.23. The van der Waals surface area contributed by atoms with E-state index in [4.69, 9.17) is 0 Å². The topological polar surface area (TPSA) is 77.3 Å². The van der Waals surface area contributed by atoms with Gasteiger partial charge in [0.1, 0.15) is 0 Å². The summed E-state index contributed by atoms with van der Waals surface area (Å²) in [5.74, 6) is 0. The fraction of sp³-hybridized carbons (Fsp3) is 0.294. The van der Waals surface area contributed by atoms with Gasteiger partial charge in [0.2, 0.25) is 0 Å². The van der Waals surface area contributed by atoms with E-state index in [-0.39, 0.29) is 0 Å². The van der Waals surface area contributed by atoms with Crippen LogP contribution in [0.15, 0.2) is 110 Å². The summed E-state index contributed by atoms with van der Waals surface area (Å²) in [5.41, 5.74) is 2.90. The van der Waals surface area contributed by atoms with Gasteiger partial charge < -0.3 is 0 Å². The Hall–Kier alpha value is -4.32. The van der Waals surface area contributed by atoms with E-state index in [2.05, 4.69) is 30.1 Å². The Labute approximate surface area is 242 Å². The minimum atomic E-state index is 0.949. The van der Waals surface area contributed by atoms with Crippen LogP contribution in [0.1, 0.15) is 69.2 Å². The molecule has 0 atom stereocenters. The maximum absolute atomic E-state index is 4.14. The molecule has 0 unspecified atom stereocenters. The molecule has 0 amide bonds. The standard InChI is InChI=1S/3C8H6N2.5C2H6/c1-2-7-6-9-5-3-8(7)10-4-1;1-2-7-3-5-9-6-8(7)10-4-1;1-2-4-8-7(3-1)5-6-9-10-8;5*1-2/h3*1-6H;5*1-2H3. The molecule has 0 bridgehead atoms. The van der Waals surface area contributed by atoms with E-state index in [1.165, 1.54) is 0 Å². The minimum absolute atomic E-state index is 0.949. The van der Waals surface area contributed by atoms with Gasteiger partial charge in [0.25, 0.3) is 0 Å². The Morgan fingerprint density at radius 1 is 0.375 bits per heavy atom. The molecule has 5 aromatic heterocycles. The molecule has 214 valence electrons. The van der Waals surface area contributed by atoms with Crippen LogP contribution in [0.4, 0.5) is 0 Å². The van der Waals surface area contributed by atoms with Crippen molar-refractivity contribution in [3.63, 3.8) is 0 Å². The van der Waals surface area contributed by atoms with Crippen molar-refractivity contribution in [3.8, 4) is 0 Å². The molecule has 0 fully saturated rings. The molecule has 0 saturated carbocycles. The molecular formula is C34H48N6. The third kappa shape index (κ3) is 14.6. The Morgan fingerprint density at radius 3 is 1.50 bits per heavy atom. The highest BCUT2D eigenvalue weighted by Gasteiger charge is 1.89. The zero-order chi connectivity index (χ0) is 30.4. The summed E-state index contributed by atoms with van der Waals surface area (Å²) in [6.07, 6.45) is 12.3. The van der Waals surface area contributed by atoms with Crippen molar-refractivity contribution in [2.75, 3.05) is 0 Å². The number of hydrogen-bond acceptors (Lipinski definition) is 6. The summed E-state index contributed by atoms with van der Waals surface area (Å²) < 4.78 is 0. The summed E-state index contributed by atoms with van der Waals surface area (Å²) in [6.45, 7) is 20.0. The first-order valence-electron chi connectivity index (χ1n) is 14.4. The lowest BCUT2D eigenvalue weighted by molar-refractivity contribution is 1.08. The lowest BCUT2D eigenvalue weighted by atomic mass is 10.2. The van der Waals surface area contributed by atoms with Gasteiger partial charge in [-0.2, -0.15) is 10.2 Å². The number of nitrogens with zero attached hydrogens (tertiary/aromatic N) is 6. The summed E-state index contributed by atoms with van der Waals surface area (Å²) in [7, 11) is 0. The van der Waals surface area contributed by atoms with Crippen LogP contribution in [-0.2, 0) is 0 Å². The van der Waals surface area contributed by atoms with Crippen molar-refractivity contribution in [2.24, 2.45) is 0 Å². The Balaban J connectivity index is 0. The quantitative estimate of drug-likeness (QED) is 0.191. The number of aromatic nitrogens is 6. The van der Waals surface area contributed by atoms with Gasteiger partial charge in [-0.1, -0.05) is 93.5 Å². The average Bonchev–Trinajstić information content (AvgIpc) is 3.10. The Bertz CT molecular complexity index is 1010. The first-order chi connectivity index (χ1) is 19.9. The number of pyridine rings is 4. The van der Waals surface area contributed by atoms with Gasteiger partial charge in [0.05, 0.1) is 28.9 Å². The fourth-order valence-corrected chi connectivity index (χ4v) is 2.76. The van der Waals surface area contributed by atoms with E-state index in [0.717, 1.165) is 32.7 Å². The summed E-state index contributed by atoms with van der Waals surface area (Å²) >= 11 is 0. The molecule has 6 rings (SSSR count). The molecule has 6 nitrogen and oxygen atoms in total. The number of rotatable bonds is 0. The maximum atomic E-state index is 4.14. The first-order valence-corrected chi connectivity index (χ1v) is 14.4. The third-order valence-electron chi connectivity index (χ3n) is 4.23. The SMILES string of the molecule is CC.CC.CC.CC.CC.c1ccc2nnccc2c1.c1cnc2ccncc2c1.c1cnc2cnccc2c1. The molecule has 1 aromatic carbocycles. The number of hydrogen-bond donors (Lipinski definition) is 0. The zero-order valence-electron chi connectivity index (χ0n) is 26.1. The van der Waals surface area contributed by atoms with Gasteiger partial charge in [0, 0.05) is 47.1 Å². The van der Waals surface area contributed by atoms with Crippen molar-refractivity contribution < 1.29 is 0 Å². The molecule has 0 radical (unpaired) electrons. The molecule has 0 spiro atoms. The minimum Gasteiger partial charge on any atom is -0.264 e. The van der Waals surface area contributed by atoms with Crippen molar-refractivity contribution in [2.45, 2.75) is 69.2 Å². The molecule has 6 aromatic rings. The first kappa shape index (κ1) is 37.8. The van der Waals surface area contributed by atoms with Gasteiger partial charge in [-0.15, -0.1) is 0 Å². The van der Waals surface area contributed by atoms with Crippen molar-refractivity contribution in [1.82, 2.24) is 30.1 Å². The van der Waals surface area contributed by atoms with E-state index in [1.54, 1.807) is 37.2 Å². The van der Waals surface area contributed by atoms with Crippen LogP contribution in [0.25, 0.3) is 32.7 Å². The second kappa shape index (κ2) is 27.7. The largest absolute Gasteiger partial charge is 0.264 e. The van der Waals surface area contributed by atoms with Crippen molar-refractivity contribution >= 4 is 32.7 Å². The van der Waals surface area contributed by atoms with Crippen LogP contribution < -0.4 is 0 Å². The Kier molecular flexibility index (Phi) is 26.2. The van der Waals surface area contributed by atoms with Crippen LogP contribution in [0.3, 0.4) is 0 Å². The molecule has 0 saturated heterocycles. The second-order valence-corrected chi connectivity index (χ2v) is 6.23. The van der Waals surface area contributed by atoms with Crippen molar-refractivity contribution in [1.29, 1.82) is 0 Å². The molecular weight excluding hydrogens is 492 g/mol. The lowest BCUT2D eigenvalue weighted by Gasteiger charge is -1.90. The molecule has 0 aliphatic rings. The molecule has 6 heteroatoms. The highest BCUT2D eigenvalue weighted by atomic mass is 15.1. The summed E-state index contributed by atoms with van der Waals surface area (Å²) in [5, 5.41) is 11.1. The summed E-state index contributed by atoms with van der Waals surface area (Å²) in [4.78, 5) is 16.2.